The lowest BCUT2D eigenvalue weighted by Crippen LogP contribution is -2.21. The Balaban J connectivity index is 2.58. The maximum atomic E-state index is 5.32. The van der Waals surface area contributed by atoms with Crippen molar-refractivity contribution in [2.75, 3.05) is 6.54 Å². The van der Waals surface area contributed by atoms with Crippen LogP contribution in [-0.2, 0) is 0 Å². The van der Waals surface area contributed by atoms with Gasteiger partial charge in [-0.05, 0) is 32.4 Å². The molecule has 0 aliphatic heterocycles. The molecular weight excluding hydrogens is 186 g/mol. The van der Waals surface area contributed by atoms with Crippen LogP contribution >= 0.6 is 0 Å². The molecule has 0 spiro atoms. The zero-order valence-corrected chi connectivity index (χ0v) is 9.55. The zero-order valence-electron chi connectivity index (χ0n) is 9.55. The van der Waals surface area contributed by atoms with Crippen LogP contribution in [-0.4, -0.2) is 6.54 Å². The monoisotopic (exact) mass is 205 g/mol. The molecule has 0 fully saturated rings. The van der Waals surface area contributed by atoms with Crippen LogP contribution in [0.4, 0.5) is 0 Å². The molecule has 1 aromatic rings. The number of nitrogens with one attached hydrogen (secondary N) is 1. The molecule has 15 heavy (non-hydrogen) atoms. The van der Waals surface area contributed by atoms with Crippen LogP contribution < -0.4 is 5.32 Å². The van der Waals surface area contributed by atoms with Gasteiger partial charge in [0.1, 0.15) is 5.76 Å². The summed E-state index contributed by atoms with van der Waals surface area (Å²) < 4.78 is 5.32. The number of furan rings is 1. The van der Waals surface area contributed by atoms with Crippen LogP contribution in [0.25, 0.3) is 0 Å². The van der Waals surface area contributed by atoms with E-state index in [0.29, 0.717) is 6.04 Å². The maximum absolute atomic E-state index is 5.32. The number of terminal acetylenes is 1. The highest BCUT2D eigenvalue weighted by Crippen LogP contribution is 2.23. The van der Waals surface area contributed by atoms with E-state index in [1.165, 1.54) is 5.56 Å². The molecule has 0 radical (unpaired) electrons. The third kappa shape index (κ3) is 3.45. The molecule has 1 atom stereocenters. The Kier molecular flexibility index (Phi) is 5.00. The van der Waals surface area contributed by atoms with Crippen molar-refractivity contribution in [3.8, 4) is 12.3 Å². The molecule has 0 aromatic carbocycles. The van der Waals surface area contributed by atoms with E-state index in [2.05, 4.69) is 18.2 Å². The van der Waals surface area contributed by atoms with Crippen LogP contribution in [0.15, 0.2) is 16.7 Å². The molecule has 0 amide bonds. The molecule has 1 rings (SSSR count). The van der Waals surface area contributed by atoms with Gasteiger partial charge >= 0.3 is 0 Å². The van der Waals surface area contributed by atoms with Crippen molar-refractivity contribution >= 4 is 0 Å². The Hall–Kier alpha value is -1.20. The molecule has 1 unspecified atom stereocenters. The van der Waals surface area contributed by atoms with Crippen molar-refractivity contribution in [3.63, 3.8) is 0 Å². The second kappa shape index (κ2) is 6.31. The molecule has 0 aliphatic rings. The first-order valence-corrected chi connectivity index (χ1v) is 5.50. The summed E-state index contributed by atoms with van der Waals surface area (Å²) in [5, 5.41) is 3.46. The van der Waals surface area contributed by atoms with Gasteiger partial charge in [0.25, 0.3) is 0 Å². The summed E-state index contributed by atoms with van der Waals surface area (Å²) in [4.78, 5) is 0. The quantitative estimate of drug-likeness (QED) is 0.570. The predicted molar refractivity (Wildman–Crippen MR) is 62.5 cm³/mol. The highest BCUT2D eigenvalue weighted by Gasteiger charge is 2.13. The number of unbranched alkanes of at least 4 members (excludes halogenated alkanes) is 1. The van der Waals surface area contributed by atoms with Crippen molar-refractivity contribution in [2.24, 2.45) is 0 Å². The van der Waals surface area contributed by atoms with Gasteiger partial charge in [-0.25, -0.2) is 0 Å². The van der Waals surface area contributed by atoms with Gasteiger partial charge in [0.2, 0.25) is 0 Å². The van der Waals surface area contributed by atoms with Gasteiger partial charge in [-0.3, -0.25) is 0 Å². The lowest BCUT2D eigenvalue weighted by Gasteiger charge is -2.16. The van der Waals surface area contributed by atoms with Crippen LogP contribution in [0.2, 0.25) is 0 Å². The van der Waals surface area contributed by atoms with E-state index >= 15 is 0 Å². The van der Waals surface area contributed by atoms with E-state index in [1.54, 1.807) is 6.26 Å². The predicted octanol–water partition coefficient (Wildman–Crippen LogP) is 3.04. The Labute approximate surface area is 92.1 Å². The van der Waals surface area contributed by atoms with E-state index in [0.717, 1.165) is 31.6 Å². The van der Waals surface area contributed by atoms with E-state index in [4.69, 9.17) is 10.8 Å². The molecule has 1 aromatic heterocycles. The average molecular weight is 205 g/mol. The molecule has 82 valence electrons. The van der Waals surface area contributed by atoms with E-state index in [-0.39, 0.29) is 0 Å². The highest BCUT2D eigenvalue weighted by atomic mass is 16.3. The Bertz CT molecular complexity index is 322. The van der Waals surface area contributed by atoms with Crippen molar-refractivity contribution < 1.29 is 4.42 Å². The number of aryl methyl sites for hydroxylation is 1. The number of hydrogen-bond acceptors (Lipinski definition) is 2. The van der Waals surface area contributed by atoms with E-state index in [9.17, 15) is 0 Å². The Morgan fingerprint density at radius 2 is 2.40 bits per heavy atom. The van der Waals surface area contributed by atoms with Crippen molar-refractivity contribution in [1.29, 1.82) is 0 Å². The molecular formula is C13H19NO. The Morgan fingerprint density at radius 1 is 1.60 bits per heavy atom. The van der Waals surface area contributed by atoms with Crippen LogP contribution in [0.5, 0.6) is 0 Å². The summed E-state index contributed by atoms with van der Waals surface area (Å²) in [5.74, 6) is 3.68. The SMILES string of the molecule is C#CCCCC(NCC)c1ccoc1C. The summed E-state index contributed by atoms with van der Waals surface area (Å²) in [6, 6.07) is 2.42. The van der Waals surface area contributed by atoms with Crippen molar-refractivity contribution in [2.45, 2.75) is 39.2 Å². The zero-order chi connectivity index (χ0) is 11.1. The number of rotatable bonds is 6. The Morgan fingerprint density at radius 3 is 2.93 bits per heavy atom. The van der Waals surface area contributed by atoms with Crippen LogP contribution in [0.3, 0.4) is 0 Å². The number of hydrogen-bond donors (Lipinski definition) is 1. The lowest BCUT2D eigenvalue weighted by atomic mass is 10.0. The van der Waals surface area contributed by atoms with Crippen molar-refractivity contribution in [3.05, 3.63) is 23.7 Å². The first kappa shape index (κ1) is 11.9. The highest BCUT2D eigenvalue weighted by molar-refractivity contribution is 5.20. The molecule has 1 N–H and O–H groups in total. The third-order valence-electron chi connectivity index (χ3n) is 2.54. The molecule has 2 nitrogen and oxygen atoms in total. The molecule has 0 bridgehead atoms. The second-order valence-corrected chi connectivity index (χ2v) is 3.64. The van der Waals surface area contributed by atoms with Crippen molar-refractivity contribution in [1.82, 2.24) is 5.32 Å². The standard InChI is InChI=1S/C13H19NO/c1-4-6-7-8-13(14-5-2)12-9-10-15-11(12)3/h1,9-10,13-14H,5-8H2,2-3H3. The minimum Gasteiger partial charge on any atom is -0.469 e. The van der Waals surface area contributed by atoms with Gasteiger partial charge in [0, 0.05) is 18.0 Å². The summed E-state index contributed by atoms with van der Waals surface area (Å²) in [5.41, 5.74) is 1.26. The molecule has 2 heteroatoms. The molecule has 0 aliphatic carbocycles. The van der Waals surface area contributed by atoms with Crippen LogP contribution in [0, 0.1) is 19.3 Å². The summed E-state index contributed by atoms with van der Waals surface area (Å²) in [7, 11) is 0. The first-order valence-electron chi connectivity index (χ1n) is 5.50. The van der Waals surface area contributed by atoms with E-state index < -0.39 is 0 Å². The fraction of sp³-hybridized carbons (Fsp3) is 0.538. The minimum absolute atomic E-state index is 0.377. The van der Waals surface area contributed by atoms with Gasteiger partial charge < -0.3 is 9.73 Å². The second-order valence-electron chi connectivity index (χ2n) is 3.64. The minimum atomic E-state index is 0.377. The molecule has 0 saturated carbocycles. The van der Waals surface area contributed by atoms with E-state index in [1.807, 2.05) is 13.0 Å². The first-order chi connectivity index (χ1) is 7.29. The van der Waals surface area contributed by atoms with Gasteiger partial charge in [-0.1, -0.05) is 6.92 Å². The van der Waals surface area contributed by atoms with Gasteiger partial charge in [-0.15, -0.1) is 12.3 Å². The maximum Gasteiger partial charge on any atom is 0.105 e. The van der Waals surface area contributed by atoms with Gasteiger partial charge in [0.05, 0.1) is 6.26 Å². The molecule has 1 heterocycles. The fourth-order valence-electron chi connectivity index (χ4n) is 1.78. The topological polar surface area (TPSA) is 25.2 Å². The summed E-state index contributed by atoms with van der Waals surface area (Å²) in [6.07, 6.45) is 9.96. The fourth-order valence-corrected chi connectivity index (χ4v) is 1.78. The van der Waals surface area contributed by atoms with Gasteiger partial charge in [-0.2, -0.15) is 0 Å². The average Bonchev–Trinajstić information content (AvgIpc) is 2.64. The van der Waals surface area contributed by atoms with Gasteiger partial charge in [0.15, 0.2) is 0 Å². The van der Waals surface area contributed by atoms with Crippen LogP contribution in [0.1, 0.15) is 43.6 Å². The molecule has 0 saturated heterocycles. The normalized spacial score (nSPS) is 12.3. The largest absolute Gasteiger partial charge is 0.469 e. The third-order valence-corrected chi connectivity index (χ3v) is 2.54. The lowest BCUT2D eigenvalue weighted by molar-refractivity contribution is 0.477. The summed E-state index contributed by atoms with van der Waals surface area (Å²) in [6.45, 7) is 5.08. The summed E-state index contributed by atoms with van der Waals surface area (Å²) >= 11 is 0. The smallest absolute Gasteiger partial charge is 0.105 e.